The van der Waals surface area contributed by atoms with E-state index in [4.69, 9.17) is 9.47 Å². The molecule has 0 atom stereocenters. The Morgan fingerprint density at radius 1 is 0.788 bits per heavy atom. The molecule has 2 nitrogen and oxygen atoms in total. The Morgan fingerprint density at radius 2 is 1.33 bits per heavy atom. The standard InChI is InChI=1S/C29H42F2O2/c1-3-5-6-7-8-9-10-22-11-15-24(16-12-22)25-17-13-23(14-18-25)21-33-27-20-19-26(32-4-2)28(30)29(27)31/h3,7-8,19-20,22-25H,1,4-6,9-18,21H2,2H3. The number of hydrogen-bond donors (Lipinski definition) is 0. The topological polar surface area (TPSA) is 18.5 Å². The van der Waals surface area contributed by atoms with Crippen LogP contribution in [0.15, 0.2) is 36.9 Å². The largest absolute Gasteiger partial charge is 0.491 e. The van der Waals surface area contributed by atoms with E-state index in [1.54, 1.807) is 6.92 Å². The molecule has 0 radical (unpaired) electrons. The highest BCUT2D eigenvalue weighted by Gasteiger charge is 2.31. The lowest BCUT2D eigenvalue weighted by atomic mass is 9.69. The molecule has 0 heterocycles. The van der Waals surface area contributed by atoms with Crippen LogP contribution in [0.4, 0.5) is 8.78 Å². The minimum atomic E-state index is -0.961. The maximum atomic E-state index is 14.2. The van der Waals surface area contributed by atoms with E-state index in [0.717, 1.165) is 43.4 Å². The Hall–Kier alpha value is -1.84. The summed E-state index contributed by atoms with van der Waals surface area (Å²) < 4.78 is 39.1. The zero-order chi connectivity index (χ0) is 23.5. The van der Waals surface area contributed by atoms with E-state index in [0.29, 0.717) is 19.1 Å². The van der Waals surface area contributed by atoms with E-state index in [-0.39, 0.29) is 11.5 Å². The summed E-state index contributed by atoms with van der Waals surface area (Å²) in [6.45, 7) is 6.28. The number of benzene rings is 1. The fourth-order valence-electron chi connectivity index (χ4n) is 5.66. The Labute approximate surface area is 199 Å². The minimum Gasteiger partial charge on any atom is -0.491 e. The molecule has 4 heteroatoms. The molecule has 2 aliphatic rings. The minimum absolute atomic E-state index is 0.00745. The lowest BCUT2D eigenvalue weighted by molar-refractivity contribution is 0.120. The van der Waals surface area contributed by atoms with Gasteiger partial charge in [-0.15, -0.1) is 6.58 Å². The molecule has 0 N–H and O–H groups in total. The molecule has 2 fully saturated rings. The highest BCUT2D eigenvalue weighted by molar-refractivity contribution is 5.35. The Kier molecular flexibility index (Phi) is 10.8. The monoisotopic (exact) mass is 460 g/mol. The van der Waals surface area contributed by atoms with Gasteiger partial charge in [-0.3, -0.25) is 0 Å². The highest BCUT2D eigenvalue weighted by atomic mass is 19.2. The van der Waals surface area contributed by atoms with Crippen molar-refractivity contribution in [1.82, 2.24) is 0 Å². The van der Waals surface area contributed by atoms with Crippen LogP contribution >= 0.6 is 0 Å². The van der Waals surface area contributed by atoms with E-state index < -0.39 is 11.6 Å². The maximum Gasteiger partial charge on any atom is 0.204 e. The summed E-state index contributed by atoms with van der Waals surface area (Å²) in [5.74, 6) is 1.07. The van der Waals surface area contributed by atoms with Crippen LogP contribution in [0.2, 0.25) is 0 Å². The summed E-state index contributed by atoms with van der Waals surface area (Å²) in [4.78, 5) is 0. The lowest BCUT2D eigenvalue weighted by Crippen LogP contribution is -2.27. The number of ether oxygens (including phenoxy) is 2. The van der Waals surface area contributed by atoms with Gasteiger partial charge in [0.1, 0.15) is 0 Å². The molecular formula is C29H42F2O2. The van der Waals surface area contributed by atoms with Crippen molar-refractivity contribution in [2.45, 2.75) is 84.0 Å². The second kappa shape index (κ2) is 13.8. The van der Waals surface area contributed by atoms with Crippen LogP contribution in [0.3, 0.4) is 0 Å². The zero-order valence-electron chi connectivity index (χ0n) is 20.4. The van der Waals surface area contributed by atoms with E-state index in [9.17, 15) is 8.78 Å². The molecule has 0 saturated heterocycles. The van der Waals surface area contributed by atoms with Crippen molar-refractivity contribution in [2.75, 3.05) is 13.2 Å². The van der Waals surface area contributed by atoms with E-state index >= 15 is 0 Å². The van der Waals surface area contributed by atoms with Crippen LogP contribution in [0.5, 0.6) is 11.5 Å². The Balaban J connectivity index is 1.33. The number of allylic oxidation sites excluding steroid dienone is 3. The molecule has 1 aromatic carbocycles. The van der Waals surface area contributed by atoms with Crippen molar-refractivity contribution in [3.05, 3.63) is 48.6 Å². The quantitative estimate of drug-likeness (QED) is 0.229. The molecule has 33 heavy (non-hydrogen) atoms. The third-order valence-corrected chi connectivity index (χ3v) is 7.68. The number of halogens is 2. The molecular weight excluding hydrogens is 418 g/mol. The fourth-order valence-corrected chi connectivity index (χ4v) is 5.66. The van der Waals surface area contributed by atoms with E-state index in [2.05, 4.69) is 18.7 Å². The lowest BCUT2D eigenvalue weighted by Gasteiger charge is -2.37. The molecule has 0 amide bonds. The molecule has 0 aromatic heterocycles. The van der Waals surface area contributed by atoms with Gasteiger partial charge < -0.3 is 9.47 Å². The molecule has 2 saturated carbocycles. The average molecular weight is 461 g/mol. The second-order valence-corrected chi connectivity index (χ2v) is 9.91. The summed E-state index contributed by atoms with van der Waals surface area (Å²) in [5.41, 5.74) is 0. The molecule has 0 spiro atoms. The molecule has 3 rings (SSSR count). The molecule has 0 unspecified atom stereocenters. The Morgan fingerprint density at radius 3 is 1.91 bits per heavy atom. The summed E-state index contributed by atoms with van der Waals surface area (Å²) in [6, 6.07) is 2.92. The molecule has 184 valence electrons. The second-order valence-electron chi connectivity index (χ2n) is 9.91. The van der Waals surface area contributed by atoms with Crippen LogP contribution in [0.25, 0.3) is 0 Å². The summed E-state index contributed by atoms with van der Waals surface area (Å²) in [5, 5.41) is 0. The first kappa shape index (κ1) is 25.8. The van der Waals surface area contributed by atoms with E-state index in [1.807, 2.05) is 6.08 Å². The molecule has 0 bridgehead atoms. The van der Waals surface area contributed by atoms with Crippen molar-refractivity contribution in [1.29, 1.82) is 0 Å². The third kappa shape index (κ3) is 7.86. The van der Waals surface area contributed by atoms with Crippen molar-refractivity contribution < 1.29 is 18.3 Å². The van der Waals surface area contributed by atoms with Crippen molar-refractivity contribution in [3.8, 4) is 11.5 Å². The van der Waals surface area contributed by atoms with Crippen molar-refractivity contribution in [2.24, 2.45) is 23.7 Å². The van der Waals surface area contributed by atoms with E-state index in [1.165, 1.54) is 63.5 Å². The highest BCUT2D eigenvalue weighted by Crippen LogP contribution is 2.42. The van der Waals surface area contributed by atoms with Gasteiger partial charge in [-0.25, -0.2) is 0 Å². The molecule has 2 aliphatic carbocycles. The molecule has 1 aromatic rings. The van der Waals surface area contributed by atoms with Gasteiger partial charge in [0.15, 0.2) is 11.5 Å². The van der Waals surface area contributed by atoms with Crippen LogP contribution < -0.4 is 9.47 Å². The smallest absolute Gasteiger partial charge is 0.204 e. The number of rotatable bonds is 12. The van der Waals surface area contributed by atoms with Gasteiger partial charge in [-0.1, -0.05) is 31.1 Å². The van der Waals surface area contributed by atoms with Crippen molar-refractivity contribution in [3.63, 3.8) is 0 Å². The van der Waals surface area contributed by atoms with Crippen LogP contribution in [-0.2, 0) is 0 Å². The van der Waals surface area contributed by atoms with Gasteiger partial charge in [-0.05, 0) is 107 Å². The first-order valence-electron chi connectivity index (χ1n) is 13.1. The molecule has 0 aliphatic heterocycles. The number of unbranched alkanes of at least 4 members (excludes halogenated alkanes) is 1. The predicted octanol–water partition coefficient (Wildman–Crippen LogP) is 8.66. The first-order valence-corrected chi connectivity index (χ1v) is 13.1. The summed E-state index contributed by atoms with van der Waals surface area (Å²) in [6.07, 6.45) is 21.7. The number of hydrogen-bond acceptors (Lipinski definition) is 2. The van der Waals surface area contributed by atoms with Gasteiger partial charge in [0.2, 0.25) is 11.6 Å². The van der Waals surface area contributed by atoms with Crippen molar-refractivity contribution >= 4 is 0 Å². The first-order chi connectivity index (χ1) is 16.1. The summed E-state index contributed by atoms with van der Waals surface area (Å²) in [7, 11) is 0. The SMILES string of the molecule is C=CCCC=CCCC1CCC(C2CCC(COc3ccc(OCC)c(F)c3F)CC2)CC1. The van der Waals surface area contributed by atoms with Gasteiger partial charge >= 0.3 is 0 Å². The predicted molar refractivity (Wildman–Crippen MR) is 132 cm³/mol. The maximum absolute atomic E-state index is 14.2. The zero-order valence-corrected chi connectivity index (χ0v) is 20.4. The summed E-state index contributed by atoms with van der Waals surface area (Å²) >= 11 is 0. The van der Waals surface area contributed by atoms with Gasteiger partial charge in [0.05, 0.1) is 13.2 Å². The van der Waals surface area contributed by atoms with Crippen LogP contribution in [-0.4, -0.2) is 13.2 Å². The normalized spacial score (nSPS) is 25.8. The van der Waals surface area contributed by atoms with Crippen LogP contribution in [0, 0.1) is 35.3 Å². The van der Waals surface area contributed by atoms with Gasteiger partial charge in [0.25, 0.3) is 0 Å². The average Bonchev–Trinajstić information content (AvgIpc) is 2.85. The van der Waals surface area contributed by atoms with Crippen LogP contribution in [0.1, 0.15) is 84.0 Å². The van der Waals surface area contributed by atoms with Gasteiger partial charge in [0, 0.05) is 0 Å². The Bertz CT molecular complexity index is 744. The van der Waals surface area contributed by atoms with Gasteiger partial charge in [-0.2, -0.15) is 8.78 Å². The fraction of sp³-hybridized carbons (Fsp3) is 0.655. The third-order valence-electron chi connectivity index (χ3n) is 7.68.